The number of anilines is 1. The average molecular weight is 516 g/mol. The van der Waals surface area contributed by atoms with Crippen molar-refractivity contribution in [3.05, 3.63) is 107 Å². The Morgan fingerprint density at radius 2 is 1.78 bits per heavy atom. The zero-order chi connectivity index (χ0) is 26.2. The Morgan fingerprint density at radius 1 is 1.03 bits per heavy atom. The Morgan fingerprint density at radius 3 is 2.46 bits per heavy atom. The molecular weight excluding hydrogens is 494 g/mol. The normalized spacial score (nSPS) is 11.7. The summed E-state index contributed by atoms with van der Waals surface area (Å²) in [7, 11) is 0. The van der Waals surface area contributed by atoms with Crippen LogP contribution in [0.1, 0.15) is 21.5 Å². The number of halogens is 1. The van der Waals surface area contributed by atoms with E-state index in [9.17, 15) is 14.4 Å². The van der Waals surface area contributed by atoms with Crippen LogP contribution >= 0.6 is 11.6 Å². The van der Waals surface area contributed by atoms with Crippen LogP contribution < -0.4 is 16.4 Å². The van der Waals surface area contributed by atoms with Crippen molar-refractivity contribution < 1.29 is 14.4 Å². The van der Waals surface area contributed by atoms with Crippen molar-refractivity contribution in [3.63, 3.8) is 0 Å². The number of tetrazole rings is 1. The predicted molar refractivity (Wildman–Crippen MR) is 139 cm³/mol. The van der Waals surface area contributed by atoms with Crippen LogP contribution in [0.3, 0.4) is 0 Å². The molecule has 1 aromatic heterocycles. The molecule has 0 bridgehead atoms. The lowest BCUT2D eigenvalue weighted by atomic mass is 10.0. The van der Waals surface area contributed by atoms with Crippen molar-refractivity contribution in [3.8, 4) is 5.69 Å². The third-order valence-corrected chi connectivity index (χ3v) is 5.59. The van der Waals surface area contributed by atoms with Gasteiger partial charge in [0, 0.05) is 34.3 Å². The molecule has 4 aromatic rings. The number of rotatable bonds is 9. The largest absolute Gasteiger partial charge is 0.366 e. The smallest absolute Gasteiger partial charge is 0.248 e. The minimum Gasteiger partial charge on any atom is -0.366 e. The zero-order valence-corrected chi connectivity index (χ0v) is 20.2. The number of amides is 3. The molecule has 3 aromatic carbocycles. The summed E-state index contributed by atoms with van der Waals surface area (Å²) in [6.07, 6.45) is 4.57. The number of benzene rings is 3. The fourth-order valence-electron chi connectivity index (χ4n) is 3.53. The van der Waals surface area contributed by atoms with E-state index in [1.807, 2.05) is 30.3 Å². The van der Waals surface area contributed by atoms with E-state index in [2.05, 4.69) is 26.2 Å². The lowest BCUT2D eigenvalue weighted by Crippen LogP contribution is -2.44. The number of hydrogen-bond donors (Lipinski definition) is 3. The van der Waals surface area contributed by atoms with E-state index in [4.69, 9.17) is 17.3 Å². The Balaban J connectivity index is 1.51. The number of hydrogen-bond acceptors (Lipinski definition) is 6. The standard InChI is InChI=1S/C26H22ClN7O3/c27-20-9-12-23(34-16-29-32-33-34)19(15-20)8-13-24(35)31-22(14-17-4-2-1-3-5-17)26(37)30-21-10-6-18(7-11-21)25(28)36/h1-13,15-16,22H,14H2,(H2,28,36)(H,30,37)(H,31,35). The summed E-state index contributed by atoms with van der Waals surface area (Å²) in [5.41, 5.74) is 8.15. The molecule has 11 heteroatoms. The first kappa shape index (κ1) is 25.3. The van der Waals surface area contributed by atoms with Gasteiger partial charge in [-0.2, -0.15) is 4.68 Å². The molecule has 3 amide bonds. The van der Waals surface area contributed by atoms with Crippen LogP contribution in [-0.4, -0.2) is 44.0 Å². The molecule has 186 valence electrons. The van der Waals surface area contributed by atoms with E-state index in [0.29, 0.717) is 27.5 Å². The van der Waals surface area contributed by atoms with Crippen LogP contribution in [0, 0.1) is 0 Å². The lowest BCUT2D eigenvalue weighted by Gasteiger charge is -2.18. The number of nitrogens with two attached hydrogens (primary N) is 1. The highest BCUT2D eigenvalue weighted by atomic mass is 35.5. The van der Waals surface area contributed by atoms with E-state index >= 15 is 0 Å². The van der Waals surface area contributed by atoms with E-state index in [0.717, 1.165) is 5.56 Å². The van der Waals surface area contributed by atoms with Crippen molar-refractivity contribution in [2.45, 2.75) is 12.5 Å². The van der Waals surface area contributed by atoms with Gasteiger partial charge in [-0.05, 0) is 64.5 Å². The van der Waals surface area contributed by atoms with Gasteiger partial charge in [-0.1, -0.05) is 41.9 Å². The van der Waals surface area contributed by atoms with Gasteiger partial charge < -0.3 is 16.4 Å². The first-order chi connectivity index (χ1) is 17.9. The number of carbonyl (C=O) groups is 3. The summed E-state index contributed by atoms with van der Waals surface area (Å²) >= 11 is 6.14. The zero-order valence-electron chi connectivity index (χ0n) is 19.4. The van der Waals surface area contributed by atoms with Gasteiger partial charge in [-0.3, -0.25) is 14.4 Å². The summed E-state index contributed by atoms with van der Waals surface area (Å²) in [6.45, 7) is 0. The third-order valence-electron chi connectivity index (χ3n) is 5.35. The van der Waals surface area contributed by atoms with Gasteiger partial charge in [0.05, 0.1) is 5.69 Å². The monoisotopic (exact) mass is 515 g/mol. The molecule has 0 radical (unpaired) electrons. The maximum absolute atomic E-state index is 13.1. The van der Waals surface area contributed by atoms with Gasteiger partial charge in [0.15, 0.2) is 0 Å². The topological polar surface area (TPSA) is 145 Å². The summed E-state index contributed by atoms with van der Waals surface area (Å²) in [6, 6.07) is 19.7. The molecule has 4 N–H and O–H groups in total. The lowest BCUT2D eigenvalue weighted by molar-refractivity contribution is -0.123. The summed E-state index contributed by atoms with van der Waals surface area (Å²) in [4.78, 5) is 37.3. The Kier molecular flexibility index (Phi) is 8.01. The average Bonchev–Trinajstić information content (AvgIpc) is 3.43. The molecule has 0 aliphatic carbocycles. The van der Waals surface area contributed by atoms with Gasteiger partial charge in [0.2, 0.25) is 17.7 Å². The van der Waals surface area contributed by atoms with Crippen LogP contribution in [0.2, 0.25) is 5.02 Å². The van der Waals surface area contributed by atoms with Gasteiger partial charge in [0.1, 0.15) is 12.4 Å². The summed E-state index contributed by atoms with van der Waals surface area (Å²) < 4.78 is 1.45. The van der Waals surface area contributed by atoms with Gasteiger partial charge >= 0.3 is 0 Å². The predicted octanol–water partition coefficient (Wildman–Crippen LogP) is 2.79. The van der Waals surface area contributed by atoms with E-state index in [1.54, 1.807) is 36.4 Å². The van der Waals surface area contributed by atoms with Crippen LogP contribution in [0.15, 0.2) is 85.2 Å². The van der Waals surface area contributed by atoms with E-state index < -0.39 is 23.8 Å². The fourth-order valence-corrected chi connectivity index (χ4v) is 3.71. The second-order valence-electron chi connectivity index (χ2n) is 7.97. The third kappa shape index (κ3) is 6.86. The van der Waals surface area contributed by atoms with Crippen LogP contribution in [-0.2, 0) is 16.0 Å². The summed E-state index contributed by atoms with van der Waals surface area (Å²) in [5.74, 6) is -1.47. The van der Waals surface area contributed by atoms with Crippen molar-refractivity contribution in [1.82, 2.24) is 25.5 Å². The molecule has 0 aliphatic rings. The molecule has 0 saturated carbocycles. The van der Waals surface area contributed by atoms with Crippen molar-refractivity contribution >= 4 is 41.1 Å². The number of nitrogens with zero attached hydrogens (tertiary/aromatic N) is 4. The molecule has 4 rings (SSSR count). The number of carbonyl (C=O) groups excluding carboxylic acids is 3. The maximum Gasteiger partial charge on any atom is 0.248 e. The van der Waals surface area contributed by atoms with Gasteiger partial charge in [-0.15, -0.1) is 5.10 Å². The highest BCUT2D eigenvalue weighted by Crippen LogP contribution is 2.20. The molecule has 0 aliphatic heterocycles. The molecule has 0 fully saturated rings. The highest BCUT2D eigenvalue weighted by Gasteiger charge is 2.21. The second-order valence-corrected chi connectivity index (χ2v) is 8.41. The molecule has 1 atom stereocenters. The Bertz CT molecular complexity index is 1420. The van der Waals surface area contributed by atoms with Crippen LogP contribution in [0.5, 0.6) is 0 Å². The molecule has 1 heterocycles. The number of aromatic nitrogens is 4. The van der Waals surface area contributed by atoms with E-state index in [1.165, 1.54) is 29.2 Å². The van der Waals surface area contributed by atoms with Crippen molar-refractivity contribution in [2.75, 3.05) is 5.32 Å². The summed E-state index contributed by atoms with van der Waals surface area (Å²) in [5, 5.41) is 17.1. The van der Waals surface area contributed by atoms with E-state index in [-0.39, 0.29) is 6.42 Å². The Hall–Kier alpha value is -4.83. The molecule has 1 unspecified atom stereocenters. The molecule has 0 saturated heterocycles. The van der Waals surface area contributed by atoms with Gasteiger partial charge in [0.25, 0.3) is 0 Å². The van der Waals surface area contributed by atoms with Crippen molar-refractivity contribution in [2.24, 2.45) is 5.73 Å². The molecule has 0 spiro atoms. The number of nitrogens with one attached hydrogen (secondary N) is 2. The first-order valence-corrected chi connectivity index (χ1v) is 11.5. The second kappa shape index (κ2) is 11.7. The van der Waals surface area contributed by atoms with Crippen molar-refractivity contribution in [1.29, 1.82) is 0 Å². The minimum absolute atomic E-state index is 0.263. The molecule has 37 heavy (non-hydrogen) atoms. The molecular formula is C26H22ClN7O3. The Labute approximate surface area is 217 Å². The molecule has 10 nitrogen and oxygen atoms in total. The number of primary amides is 1. The quantitative estimate of drug-likeness (QED) is 0.292. The SMILES string of the molecule is NC(=O)c1ccc(NC(=O)C(Cc2ccccc2)NC(=O)C=Cc2cc(Cl)ccc2-n2cnnn2)cc1. The van der Waals surface area contributed by atoms with Crippen LogP contribution in [0.25, 0.3) is 11.8 Å². The fraction of sp³-hybridized carbons (Fsp3) is 0.0769. The highest BCUT2D eigenvalue weighted by molar-refractivity contribution is 6.30. The van der Waals surface area contributed by atoms with Crippen LogP contribution in [0.4, 0.5) is 5.69 Å². The minimum atomic E-state index is -0.881. The first-order valence-electron chi connectivity index (χ1n) is 11.1. The van der Waals surface area contributed by atoms with Gasteiger partial charge in [-0.25, -0.2) is 0 Å². The maximum atomic E-state index is 13.1.